The zero-order valence-electron chi connectivity index (χ0n) is 15.9. The molecular weight excluding hydrogens is 376 g/mol. The molecule has 150 valence electrons. The Labute approximate surface area is 167 Å². The summed E-state index contributed by atoms with van der Waals surface area (Å²) in [5, 5.41) is 18.5. The number of nitrogens with zero attached hydrogens (tertiary/aromatic N) is 1. The number of carbonyl (C=O) groups excluding carboxylic acids is 3. The maximum absolute atomic E-state index is 12.6. The number of carbonyl (C=O) groups is 3. The lowest BCUT2D eigenvalue weighted by Crippen LogP contribution is -2.29. The van der Waals surface area contributed by atoms with Crippen LogP contribution in [0.2, 0.25) is 0 Å². The van der Waals surface area contributed by atoms with Gasteiger partial charge >= 0.3 is 0 Å². The fraction of sp³-hybridized carbons (Fsp3) is 0.150. The highest BCUT2D eigenvalue weighted by Crippen LogP contribution is 2.16. The average Bonchev–Trinajstić information content (AvgIpc) is 2.68. The summed E-state index contributed by atoms with van der Waals surface area (Å²) in [5.74, 6) is -1.18. The van der Waals surface area contributed by atoms with E-state index < -0.39 is 16.7 Å². The molecule has 2 rings (SSSR count). The van der Waals surface area contributed by atoms with Gasteiger partial charge in [0.1, 0.15) is 5.70 Å². The Hall–Kier alpha value is -4.01. The summed E-state index contributed by atoms with van der Waals surface area (Å²) < 4.78 is 0. The van der Waals surface area contributed by atoms with Crippen molar-refractivity contribution in [1.82, 2.24) is 10.6 Å². The quantitative estimate of drug-likeness (QED) is 0.374. The normalized spacial score (nSPS) is 10.8. The monoisotopic (exact) mass is 396 g/mol. The Morgan fingerprint density at radius 3 is 2.38 bits per heavy atom. The number of likely N-dealkylation sites (N-methyl/N-ethyl adjacent to an activating group) is 1. The largest absolute Gasteiger partial charge is 0.359 e. The van der Waals surface area contributed by atoms with Gasteiger partial charge in [-0.15, -0.1) is 0 Å². The Morgan fingerprint density at radius 2 is 1.79 bits per heavy atom. The first-order valence-corrected chi connectivity index (χ1v) is 8.63. The number of hydrogen-bond acceptors (Lipinski definition) is 5. The molecule has 0 spiro atoms. The Balaban J connectivity index is 2.21. The van der Waals surface area contributed by atoms with E-state index in [4.69, 9.17) is 0 Å². The van der Waals surface area contributed by atoms with Crippen molar-refractivity contribution in [3.63, 3.8) is 0 Å². The predicted molar refractivity (Wildman–Crippen MR) is 108 cm³/mol. The lowest BCUT2D eigenvalue weighted by Gasteiger charge is -2.10. The van der Waals surface area contributed by atoms with Crippen LogP contribution < -0.4 is 16.0 Å². The van der Waals surface area contributed by atoms with Gasteiger partial charge in [0.2, 0.25) is 11.8 Å². The molecule has 0 aliphatic heterocycles. The molecule has 0 radical (unpaired) electrons. The minimum Gasteiger partial charge on any atom is -0.359 e. The number of nitro benzene ring substituents is 1. The zero-order valence-corrected chi connectivity index (χ0v) is 15.9. The van der Waals surface area contributed by atoms with E-state index in [0.717, 1.165) is 5.56 Å². The van der Waals surface area contributed by atoms with Crippen molar-refractivity contribution in [3.05, 3.63) is 75.5 Å². The van der Waals surface area contributed by atoms with E-state index >= 15 is 0 Å². The summed E-state index contributed by atoms with van der Waals surface area (Å²) >= 11 is 0. The van der Waals surface area contributed by atoms with Crippen LogP contribution in [0.3, 0.4) is 0 Å². The van der Waals surface area contributed by atoms with E-state index in [1.807, 2.05) is 0 Å². The van der Waals surface area contributed by atoms with Gasteiger partial charge in [-0.1, -0.05) is 24.3 Å². The highest BCUT2D eigenvalue weighted by Gasteiger charge is 2.13. The second kappa shape index (κ2) is 9.79. The highest BCUT2D eigenvalue weighted by atomic mass is 16.6. The topological polar surface area (TPSA) is 130 Å². The predicted octanol–water partition coefficient (Wildman–Crippen LogP) is 2.00. The molecule has 0 aliphatic carbocycles. The lowest BCUT2D eigenvalue weighted by molar-refractivity contribution is -0.384. The standard InChI is InChI=1S/C20H20N4O5/c1-13(25)22-18(11-15-4-3-5-17(10-15)24(28)29)20(27)23-16-8-6-14(7-9-16)12-19(26)21-2/h3-11H,12H2,1-2H3,(H,21,26)(H,22,25)(H,23,27)/b18-11-. The van der Waals surface area contributed by atoms with Crippen LogP contribution >= 0.6 is 0 Å². The minimum absolute atomic E-state index is 0.0626. The van der Waals surface area contributed by atoms with Crippen molar-refractivity contribution < 1.29 is 19.3 Å². The maximum Gasteiger partial charge on any atom is 0.272 e. The molecule has 0 heterocycles. The molecule has 0 saturated carbocycles. The molecule has 9 nitrogen and oxygen atoms in total. The lowest BCUT2D eigenvalue weighted by atomic mass is 10.1. The molecule has 0 aromatic heterocycles. The van der Waals surface area contributed by atoms with Gasteiger partial charge in [0, 0.05) is 31.8 Å². The number of amides is 3. The fourth-order valence-electron chi connectivity index (χ4n) is 2.42. The Morgan fingerprint density at radius 1 is 1.10 bits per heavy atom. The smallest absolute Gasteiger partial charge is 0.272 e. The molecule has 3 amide bonds. The average molecular weight is 396 g/mol. The third kappa shape index (κ3) is 6.58. The van der Waals surface area contributed by atoms with Gasteiger partial charge in [-0.3, -0.25) is 24.5 Å². The molecule has 9 heteroatoms. The van der Waals surface area contributed by atoms with Crippen LogP contribution in [0.4, 0.5) is 11.4 Å². The molecule has 0 atom stereocenters. The number of nitrogens with one attached hydrogen (secondary N) is 3. The Bertz CT molecular complexity index is 967. The number of anilines is 1. The van der Waals surface area contributed by atoms with Crippen LogP contribution in [-0.2, 0) is 20.8 Å². The van der Waals surface area contributed by atoms with Gasteiger partial charge in [0.25, 0.3) is 11.6 Å². The SMILES string of the molecule is CNC(=O)Cc1ccc(NC(=O)/C(=C/c2cccc([N+](=O)[O-])c2)NC(C)=O)cc1. The van der Waals surface area contributed by atoms with E-state index in [-0.39, 0.29) is 23.7 Å². The summed E-state index contributed by atoms with van der Waals surface area (Å²) in [4.78, 5) is 45.8. The van der Waals surface area contributed by atoms with Gasteiger partial charge in [-0.2, -0.15) is 0 Å². The van der Waals surface area contributed by atoms with Crippen LogP contribution in [0.15, 0.2) is 54.2 Å². The van der Waals surface area contributed by atoms with Crippen LogP contribution in [0.25, 0.3) is 6.08 Å². The van der Waals surface area contributed by atoms with E-state index in [1.54, 1.807) is 37.4 Å². The second-order valence-electron chi connectivity index (χ2n) is 6.09. The van der Waals surface area contributed by atoms with Gasteiger partial charge in [0.15, 0.2) is 0 Å². The molecule has 0 aliphatic rings. The molecule has 0 unspecified atom stereocenters. The number of non-ortho nitro benzene ring substituents is 1. The van der Waals surface area contributed by atoms with E-state index in [2.05, 4.69) is 16.0 Å². The van der Waals surface area contributed by atoms with Gasteiger partial charge in [0.05, 0.1) is 11.3 Å². The molecule has 2 aromatic rings. The highest BCUT2D eigenvalue weighted by molar-refractivity contribution is 6.08. The number of nitro groups is 1. The zero-order chi connectivity index (χ0) is 21.4. The maximum atomic E-state index is 12.6. The molecule has 29 heavy (non-hydrogen) atoms. The van der Waals surface area contributed by atoms with Crippen molar-refractivity contribution in [3.8, 4) is 0 Å². The van der Waals surface area contributed by atoms with Crippen LogP contribution in [-0.4, -0.2) is 29.7 Å². The molecule has 3 N–H and O–H groups in total. The van der Waals surface area contributed by atoms with Crippen molar-refractivity contribution in [2.75, 3.05) is 12.4 Å². The van der Waals surface area contributed by atoms with Crippen molar-refractivity contribution in [2.24, 2.45) is 0 Å². The minimum atomic E-state index is -0.592. The van der Waals surface area contributed by atoms with Gasteiger partial charge in [-0.25, -0.2) is 0 Å². The first kappa shape index (κ1) is 21.3. The number of rotatable bonds is 7. The van der Waals surface area contributed by atoms with Gasteiger partial charge in [-0.05, 0) is 29.3 Å². The number of benzene rings is 2. The summed E-state index contributed by atoms with van der Waals surface area (Å²) in [6, 6.07) is 12.4. The van der Waals surface area contributed by atoms with E-state index in [1.165, 1.54) is 31.2 Å². The fourth-order valence-corrected chi connectivity index (χ4v) is 2.42. The van der Waals surface area contributed by atoms with Crippen LogP contribution in [0.1, 0.15) is 18.1 Å². The molecule has 0 saturated heterocycles. The molecule has 0 fully saturated rings. The molecular formula is C20H20N4O5. The summed E-state index contributed by atoms with van der Waals surface area (Å²) in [5.41, 5.74) is 1.43. The third-order valence-electron chi connectivity index (χ3n) is 3.80. The summed E-state index contributed by atoms with van der Waals surface area (Å²) in [7, 11) is 1.55. The van der Waals surface area contributed by atoms with Crippen molar-refractivity contribution in [2.45, 2.75) is 13.3 Å². The first-order valence-electron chi connectivity index (χ1n) is 8.63. The summed E-state index contributed by atoms with van der Waals surface area (Å²) in [6.45, 7) is 1.25. The third-order valence-corrected chi connectivity index (χ3v) is 3.80. The van der Waals surface area contributed by atoms with Crippen LogP contribution in [0, 0.1) is 10.1 Å². The molecule has 2 aromatic carbocycles. The van der Waals surface area contributed by atoms with E-state index in [0.29, 0.717) is 11.3 Å². The van der Waals surface area contributed by atoms with Crippen LogP contribution in [0.5, 0.6) is 0 Å². The van der Waals surface area contributed by atoms with E-state index in [9.17, 15) is 24.5 Å². The first-order chi connectivity index (χ1) is 13.8. The second-order valence-corrected chi connectivity index (χ2v) is 6.09. The summed E-state index contributed by atoms with van der Waals surface area (Å²) in [6.07, 6.45) is 1.57. The van der Waals surface area contributed by atoms with Gasteiger partial charge < -0.3 is 16.0 Å². The Kier molecular flexibility index (Phi) is 7.19. The number of hydrogen-bond donors (Lipinski definition) is 3. The van der Waals surface area contributed by atoms with Crippen molar-refractivity contribution in [1.29, 1.82) is 0 Å². The molecule has 0 bridgehead atoms. The van der Waals surface area contributed by atoms with Crippen molar-refractivity contribution >= 4 is 35.2 Å².